The molecule has 0 radical (unpaired) electrons. The van der Waals surface area contributed by atoms with Crippen molar-refractivity contribution in [2.45, 2.75) is 31.8 Å². The average Bonchev–Trinajstić information content (AvgIpc) is 3.20. The quantitative estimate of drug-likeness (QED) is 0.816. The van der Waals surface area contributed by atoms with Gasteiger partial charge in [-0.1, -0.05) is 0 Å². The molecule has 0 bridgehead atoms. The molecule has 2 fully saturated rings. The maximum atomic E-state index is 11.7. The van der Waals surface area contributed by atoms with Crippen molar-refractivity contribution < 1.29 is 9.53 Å². The molecule has 1 aromatic rings. The van der Waals surface area contributed by atoms with E-state index in [4.69, 9.17) is 10.5 Å². The average molecular weight is 309 g/mol. The smallest absolute Gasteiger partial charge is 0.171 e. The molecule has 3 rings (SSSR count). The van der Waals surface area contributed by atoms with Crippen LogP contribution in [-0.2, 0) is 4.74 Å². The predicted octanol–water partition coefficient (Wildman–Crippen LogP) is 2.15. The number of morpholine rings is 1. The van der Waals surface area contributed by atoms with Crippen molar-refractivity contribution in [2.24, 2.45) is 0 Å². The first kappa shape index (κ1) is 14.8. The number of nitrogens with zero attached hydrogens (tertiary/aromatic N) is 1. The molecule has 0 amide bonds. The number of anilines is 2. The molecule has 1 saturated carbocycles. The SMILES string of the molecule is CC(=O)c1sc(NCC2CN(C)CCO2)c(C2CC2)c1N. The second kappa shape index (κ2) is 5.94. The van der Waals surface area contributed by atoms with Crippen LogP contribution in [0.5, 0.6) is 0 Å². The number of hydrogen-bond donors (Lipinski definition) is 2. The van der Waals surface area contributed by atoms with Gasteiger partial charge in [0.15, 0.2) is 5.78 Å². The molecule has 0 spiro atoms. The first-order chi connectivity index (χ1) is 10.1. The van der Waals surface area contributed by atoms with Crippen molar-refractivity contribution in [2.75, 3.05) is 44.3 Å². The highest BCUT2D eigenvalue weighted by molar-refractivity contribution is 7.18. The normalized spacial score (nSPS) is 23.2. The number of thiophene rings is 1. The van der Waals surface area contributed by atoms with Gasteiger partial charge in [0.2, 0.25) is 0 Å². The Hall–Kier alpha value is -1.11. The molecule has 1 atom stereocenters. The summed E-state index contributed by atoms with van der Waals surface area (Å²) in [6, 6.07) is 0. The third kappa shape index (κ3) is 3.22. The molecule has 5 nitrogen and oxygen atoms in total. The number of nitrogen functional groups attached to an aromatic ring is 1. The van der Waals surface area contributed by atoms with E-state index in [1.807, 2.05) is 0 Å². The van der Waals surface area contributed by atoms with Crippen LogP contribution >= 0.6 is 11.3 Å². The lowest BCUT2D eigenvalue weighted by Gasteiger charge is -2.30. The van der Waals surface area contributed by atoms with Gasteiger partial charge in [-0.3, -0.25) is 4.79 Å². The Balaban J connectivity index is 1.72. The number of nitrogens with one attached hydrogen (secondary N) is 1. The maximum absolute atomic E-state index is 11.7. The van der Waals surface area contributed by atoms with Crippen LogP contribution in [-0.4, -0.2) is 50.1 Å². The summed E-state index contributed by atoms with van der Waals surface area (Å²) in [5.41, 5.74) is 8.04. The van der Waals surface area contributed by atoms with Crippen molar-refractivity contribution in [1.29, 1.82) is 0 Å². The highest BCUT2D eigenvalue weighted by atomic mass is 32.1. The number of likely N-dealkylation sites (N-methyl/N-ethyl adjacent to an activating group) is 1. The second-order valence-electron chi connectivity index (χ2n) is 6.05. The van der Waals surface area contributed by atoms with E-state index < -0.39 is 0 Å². The van der Waals surface area contributed by atoms with Crippen molar-refractivity contribution in [3.05, 3.63) is 10.4 Å². The van der Waals surface area contributed by atoms with Crippen molar-refractivity contribution in [1.82, 2.24) is 4.90 Å². The minimum atomic E-state index is 0.0566. The van der Waals surface area contributed by atoms with E-state index >= 15 is 0 Å². The zero-order valence-corrected chi connectivity index (χ0v) is 13.5. The summed E-state index contributed by atoms with van der Waals surface area (Å²) in [4.78, 5) is 14.7. The fourth-order valence-corrected chi connectivity index (χ4v) is 3.93. The van der Waals surface area contributed by atoms with E-state index in [2.05, 4.69) is 17.3 Å². The molecule has 6 heteroatoms. The zero-order chi connectivity index (χ0) is 15.0. The topological polar surface area (TPSA) is 67.6 Å². The Morgan fingerprint density at radius 3 is 2.90 bits per heavy atom. The van der Waals surface area contributed by atoms with Crippen molar-refractivity contribution in [3.63, 3.8) is 0 Å². The summed E-state index contributed by atoms with van der Waals surface area (Å²) in [5.74, 6) is 0.591. The number of carbonyl (C=O) groups is 1. The van der Waals surface area contributed by atoms with E-state index in [0.29, 0.717) is 16.5 Å². The number of Topliss-reactive ketones (excluding diaryl/α,β-unsaturated/α-hetero) is 1. The molecular formula is C15H23N3O2S. The lowest BCUT2D eigenvalue weighted by atomic mass is 10.1. The highest BCUT2D eigenvalue weighted by Crippen LogP contribution is 2.50. The summed E-state index contributed by atoms with van der Waals surface area (Å²) < 4.78 is 5.77. The minimum absolute atomic E-state index is 0.0566. The Labute approximate surface area is 129 Å². The Morgan fingerprint density at radius 1 is 1.52 bits per heavy atom. The lowest BCUT2D eigenvalue weighted by Crippen LogP contribution is -2.43. The summed E-state index contributed by atoms with van der Waals surface area (Å²) in [7, 11) is 2.11. The number of ether oxygens (including phenoxy) is 1. The van der Waals surface area contributed by atoms with Gasteiger partial charge in [-0.05, 0) is 25.8 Å². The summed E-state index contributed by atoms with van der Waals surface area (Å²) in [6.07, 6.45) is 2.55. The molecule has 1 aromatic heterocycles. The molecule has 1 saturated heterocycles. The third-order valence-electron chi connectivity index (χ3n) is 4.12. The van der Waals surface area contributed by atoms with Crippen LogP contribution < -0.4 is 11.1 Å². The summed E-state index contributed by atoms with van der Waals surface area (Å²) in [6.45, 7) is 5.06. The van der Waals surface area contributed by atoms with E-state index in [-0.39, 0.29) is 11.9 Å². The van der Waals surface area contributed by atoms with Crippen molar-refractivity contribution >= 4 is 27.8 Å². The number of hydrogen-bond acceptors (Lipinski definition) is 6. The number of carbonyl (C=O) groups excluding carboxylic acids is 1. The standard InChI is InChI=1S/C15H23N3O2S/c1-9(19)14-13(16)12(10-3-4-10)15(21-14)17-7-11-8-18(2)5-6-20-11/h10-11,17H,3-8,16H2,1-2H3. The van der Waals surface area contributed by atoms with Gasteiger partial charge >= 0.3 is 0 Å². The van der Waals surface area contributed by atoms with Gasteiger partial charge in [-0.2, -0.15) is 0 Å². The first-order valence-corrected chi connectivity index (χ1v) is 8.35. The third-order valence-corrected chi connectivity index (χ3v) is 5.40. The minimum Gasteiger partial charge on any atom is -0.397 e. The van der Waals surface area contributed by atoms with Crippen LogP contribution in [0.25, 0.3) is 0 Å². The zero-order valence-electron chi connectivity index (χ0n) is 12.6. The van der Waals surface area contributed by atoms with Crippen LogP contribution in [0.15, 0.2) is 0 Å². The highest BCUT2D eigenvalue weighted by Gasteiger charge is 2.32. The molecule has 1 aliphatic carbocycles. The van der Waals surface area contributed by atoms with E-state index in [1.165, 1.54) is 24.2 Å². The van der Waals surface area contributed by atoms with Crippen LogP contribution in [0, 0.1) is 0 Å². The van der Waals surface area contributed by atoms with Crippen LogP contribution in [0.2, 0.25) is 0 Å². The molecule has 1 unspecified atom stereocenters. The Bertz CT molecular complexity index is 539. The predicted molar refractivity (Wildman–Crippen MR) is 86.4 cm³/mol. The van der Waals surface area contributed by atoms with Crippen molar-refractivity contribution in [3.8, 4) is 0 Å². The van der Waals surface area contributed by atoms with Crippen LogP contribution in [0.3, 0.4) is 0 Å². The van der Waals surface area contributed by atoms with Gasteiger partial charge < -0.3 is 20.7 Å². The van der Waals surface area contributed by atoms with Crippen LogP contribution in [0.1, 0.15) is 40.9 Å². The van der Waals surface area contributed by atoms with Gasteiger partial charge in [0.1, 0.15) is 0 Å². The Kier molecular flexibility index (Phi) is 4.19. The molecule has 2 heterocycles. The lowest BCUT2D eigenvalue weighted by molar-refractivity contribution is -0.0116. The van der Waals surface area contributed by atoms with Gasteiger partial charge in [-0.25, -0.2) is 0 Å². The Morgan fingerprint density at radius 2 is 2.29 bits per heavy atom. The molecule has 3 N–H and O–H groups in total. The monoisotopic (exact) mass is 309 g/mol. The van der Waals surface area contributed by atoms with Gasteiger partial charge in [-0.15, -0.1) is 11.3 Å². The molecule has 0 aromatic carbocycles. The fourth-order valence-electron chi connectivity index (χ4n) is 2.82. The van der Waals surface area contributed by atoms with Crippen LogP contribution in [0.4, 0.5) is 10.7 Å². The number of rotatable bonds is 5. The van der Waals surface area contributed by atoms with Gasteiger partial charge in [0, 0.05) is 32.1 Å². The fraction of sp³-hybridized carbons (Fsp3) is 0.667. The molecule has 116 valence electrons. The van der Waals surface area contributed by atoms with E-state index in [9.17, 15) is 4.79 Å². The second-order valence-corrected chi connectivity index (χ2v) is 7.07. The molecule has 2 aliphatic rings. The largest absolute Gasteiger partial charge is 0.397 e. The van der Waals surface area contributed by atoms with E-state index in [1.54, 1.807) is 6.92 Å². The van der Waals surface area contributed by atoms with E-state index in [0.717, 1.165) is 36.8 Å². The maximum Gasteiger partial charge on any atom is 0.171 e. The number of nitrogens with two attached hydrogens (primary N) is 1. The van der Waals surface area contributed by atoms with Gasteiger partial charge in [0.25, 0.3) is 0 Å². The molecular weight excluding hydrogens is 286 g/mol. The summed E-state index contributed by atoms with van der Waals surface area (Å²) in [5, 5.41) is 4.54. The molecule has 1 aliphatic heterocycles. The first-order valence-electron chi connectivity index (χ1n) is 7.53. The molecule has 21 heavy (non-hydrogen) atoms. The summed E-state index contributed by atoms with van der Waals surface area (Å²) >= 11 is 1.50. The number of ketones is 1. The van der Waals surface area contributed by atoms with Gasteiger partial charge in [0.05, 0.1) is 28.3 Å².